The minimum absolute atomic E-state index is 0.104. The first-order valence-corrected chi connectivity index (χ1v) is 12.6. The highest BCUT2D eigenvalue weighted by molar-refractivity contribution is 6.23. The van der Waals surface area contributed by atoms with Gasteiger partial charge in [0, 0.05) is 37.4 Å². The van der Waals surface area contributed by atoms with Crippen LogP contribution in [0.2, 0.25) is 0 Å². The fourth-order valence-electron chi connectivity index (χ4n) is 4.61. The molecule has 0 unspecified atom stereocenters. The molecular weight excluding hydrogens is 506 g/mol. The number of allylic oxidation sites excluding steroid dienone is 4. The van der Waals surface area contributed by atoms with Gasteiger partial charge in [0.2, 0.25) is 11.6 Å². The summed E-state index contributed by atoms with van der Waals surface area (Å²) >= 11 is 0. The van der Waals surface area contributed by atoms with Crippen LogP contribution in [0.25, 0.3) is 0 Å². The number of aliphatic hydroxyl groups excluding tert-OH is 1. The Morgan fingerprint density at radius 3 is 2.38 bits per heavy atom. The fraction of sp³-hybridized carbons (Fsp3) is 0.500. The molecule has 2 aliphatic rings. The van der Waals surface area contributed by atoms with Crippen molar-refractivity contribution in [2.24, 2.45) is 23.3 Å². The number of ketones is 2. The Hall–Kier alpha value is -3.54. The number of carbonyl (C=O) groups excluding carboxylic acids is 4. The number of primary amides is 1. The van der Waals surface area contributed by atoms with Gasteiger partial charge in [0.25, 0.3) is 5.91 Å². The van der Waals surface area contributed by atoms with Crippen LogP contribution in [0.4, 0.5) is 4.79 Å². The highest BCUT2D eigenvalue weighted by Gasteiger charge is 2.32. The standard InChI is InChI=1S/C28H39N3O8/c1-14-10-18-23(29)20(32)13-19(25(18)34)31-27(35)15(2)8-7-9-21(37-5)26(39-28(30)36)17(4)12-16(3)24(33)22(11-14)38-6/h7-9,12-14,16,21-22,24,26,33H,10-11,29H2,1-6H3,(H2,30,36)(H,31,35)/b9-7-,15-8+,17-12+/t14-,16+,21-,22-,24+,26+/m1/s1. The fourth-order valence-corrected chi connectivity index (χ4v) is 4.61. The lowest BCUT2D eigenvalue weighted by atomic mass is 9.85. The van der Waals surface area contributed by atoms with Gasteiger partial charge in [0.05, 0.1) is 23.6 Å². The van der Waals surface area contributed by atoms with E-state index in [9.17, 15) is 24.3 Å². The number of nitrogens with two attached hydrogens (primary N) is 2. The second-order valence-electron chi connectivity index (χ2n) is 9.97. The normalized spacial score (nSPS) is 33.3. The van der Waals surface area contributed by atoms with E-state index in [1.165, 1.54) is 33.3 Å². The lowest BCUT2D eigenvalue weighted by Crippen LogP contribution is -2.37. The number of ether oxygens (including phenoxy) is 3. The van der Waals surface area contributed by atoms with Crippen LogP contribution in [0.15, 0.2) is 58.5 Å². The Morgan fingerprint density at radius 1 is 1.13 bits per heavy atom. The van der Waals surface area contributed by atoms with Gasteiger partial charge in [-0.3, -0.25) is 14.4 Å². The van der Waals surface area contributed by atoms with Crippen molar-refractivity contribution in [2.45, 2.75) is 65.0 Å². The van der Waals surface area contributed by atoms with Gasteiger partial charge in [-0.05, 0) is 38.2 Å². The zero-order valence-corrected chi connectivity index (χ0v) is 23.2. The molecule has 0 saturated carbocycles. The number of fused-ring (bicyclic) bond motifs is 2. The smallest absolute Gasteiger partial charge is 0.405 e. The van der Waals surface area contributed by atoms with Crippen molar-refractivity contribution in [2.75, 3.05) is 14.2 Å². The average Bonchev–Trinajstić information content (AvgIpc) is 2.88. The van der Waals surface area contributed by atoms with E-state index >= 15 is 0 Å². The van der Waals surface area contributed by atoms with Crippen molar-refractivity contribution in [3.05, 3.63) is 58.5 Å². The van der Waals surface area contributed by atoms with Crippen molar-refractivity contribution in [3.8, 4) is 0 Å². The number of aliphatic hydroxyl groups is 1. The number of Topliss-reactive ketones (excluding diaryl/α,β-unsaturated/α-hetero) is 1. The summed E-state index contributed by atoms with van der Waals surface area (Å²) in [4.78, 5) is 50.1. The summed E-state index contributed by atoms with van der Waals surface area (Å²) in [5, 5.41) is 13.6. The third kappa shape index (κ3) is 8.22. The van der Waals surface area contributed by atoms with Crippen molar-refractivity contribution in [1.82, 2.24) is 5.32 Å². The van der Waals surface area contributed by atoms with Gasteiger partial charge in [-0.15, -0.1) is 0 Å². The molecule has 0 aromatic heterocycles. The van der Waals surface area contributed by atoms with E-state index in [1.54, 1.807) is 26.0 Å². The molecule has 1 heterocycles. The average molecular weight is 546 g/mol. The Kier molecular flexibility index (Phi) is 11.4. The van der Waals surface area contributed by atoms with E-state index < -0.39 is 53.9 Å². The molecule has 0 saturated heterocycles. The summed E-state index contributed by atoms with van der Waals surface area (Å²) in [6.07, 6.45) is 3.55. The van der Waals surface area contributed by atoms with Crippen molar-refractivity contribution < 1.29 is 38.5 Å². The van der Waals surface area contributed by atoms with Crippen molar-refractivity contribution >= 4 is 23.6 Å². The number of amides is 2. The Morgan fingerprint density at radius 2 is 1.79 bits per heavy atom. The first kappa shape index (κ1) is 31.7. The minimum Gasteiger partial charge on any atom is -0.439 e. The van der Waals surface area contributed by atoms with Crippen LogP contribution in [-0.4, -0.2) is 67.3 Å². The van der Waals surface area contributed by atoms with E-state index in [0.29, 0.717) is 12.0 Å². The highest BCUT2D eigenvalue weighted by atomic mass is 16.6. The molecule has 1 aliphatic carbocycles. The third-order valence-corrected chi connectivity index (χ3v) is 6.84. The van der Waals surface area contributed by atoms with Gasteiger partial charge >= 0.3 is 6.09 Å². The second-order valence-corrected chi connectivity index (χ2v) is 9.97. The van der Waals surface area contributed by atoms with Gasteiger partial charge in [0.1, 0.15) is 6.10 Å². The quantitative estimate of drug-likeness (QED) is 0.303. The topological polar surface area (TPSA) is 180 Å². The maximum absolute atomic E-state index is 13.2. The summed E-state index contributed by atoms with van der Waals surface area (Å²) in [5.41, 5.74) is 11.9. The lowest BCUT2D eigenvalue weighted by molar-refractivity contribution is -0.120. The molecule has 0 aromatic carbocycles. The molecule has 2 amide bonds. The predicted molar refractivity (Wildman–Crippen MR) is 144 cm³/mol. The summed E-state index contributed by atoms with van der Waals surface area (Å²) < 4.78 is 16.4. The van der Waals surface area contributed by atoms with Gasteiger partial charge in [0.15, 0.2) is 6.10 Å². The summed E-state index contributed by atoms with van der Waals surface area (Å²) in [7, 11) is 2.90. The first-order valence-electron chi connectivity index (χ1n) is 12.6. The van der Waals surface area contributed by atoms with E-state index in [4.69, 9.17) is 25.7 Å². The Labute approximate surface area is 228 Å². The van der Waals surface area contributed by atoms with E-state index in [1.807, 2.05) is 6.92 Å². The molecule has 214 valence electrons. The van der Waals surface area contributed by atoms with Crippen LogP contribution < -0.4 is 16.8 Å². The van der Waals surface area contributed by atoms with Crippen LogP contribution in [0.5, 0.6) is 0 Å². The molecule has 0 radical (unpaired) electrons. The van der Waals surface area contributed by atoms with Crippen LogP contribution >= 0.6 is 0 Å². The molecule has 2 bridgehead atoms. The van der Waals surface area contributed by atoms with Crippen LogP contribution in [0.1, 0.15) is 40.5 Å². The van der Waals surface area contributed by atoms with Crippen molar-refractivity contribution in [3.63, 3.8) is 0 Å². The molecule has 0 spiro atoms. The first-order chi connectivity index (χ1) is 18.3. The van der Waals surface area contributed by atoms with Crippen LogP contribution in [-0.2, 0) is 28.6 Å². The lowest BCUT2D eigenvalue weighted by Gasteiger charge is -2.29. The number of hydrogen-bond acceptors (Lipinski definition) is 9. The number of methoxy groups -OCH3 is 2. The number of nitrogens with one attached hydrogen (secondary N) is 1. The molecule has 6 N–H and O–H groups in total. The monoisotopic (exact) mass is 545 g/mol. The molecule has 6 atom stereocenters. The minimum atomic E-state index is -1.00. The van der Waals surface area contributed by atoms with Crippen LogP contribution in [0.3, 0.4) is 0 Å². The molecule has 0 aromatic rings. The molecule has 11 heteroatoms. The van der Waals surface area contributed by atoms with Crippen molar-refractivity contribution in [1.29, 1.82) is 0 Å². The van der Waals surface area contributed by atoms with E-state index in [2.05, 4.69) is 5.32 Å². The number of hydrogen-bond donors (Lipinski definition) is 4. The Bertz CT molecular complexity index is 1130. The van der Waals surface area contributed by atoms with Crippen LogP contribution in [0, 0.1) is 11.8 Å². The zero-order chi connectivity index (χ0) is 29.4. The maximum Gasteiger partial charge on any atom is 0.405 e. The largest absolute Gasteiger partial charge is 0.439 e. The predicted octanol–water partition coefficient (Wildman–Crippen LogP) is 1.72. The van der Waals surface area contributed by atoms with E-state index in [-0.39, 0.29) is 34.9 Å². The maximum atomic E-state index is 13.2. The SMILES string of the molecule is CO[C@@H]1/C=C\C=C(/C)C(=O)NC2=CC(=O)C(N)=C(C[C@@H](C)C[C@@H](OC)[C@@H](O)[C@@H](C)/C=C(\C)[C@@H]1OC(N)=O)C2=O. The number of carbonyl (C=O) groups is 4. The molecule has 1 aliphatic heterocycles. The molecular formula is C28H39N3O8. The zero-order valence-electron chi connectivity index (χ0n) is 23.2. The summed E-state index contributed by atoms with van der Waals surface area (Å²) in [6.45, 7) is 6.89. The Balaban J connectivity index is 2.58. The van der Waals surface area contributed by atoms with Gasteiger partial charge < -0.3 is 36.1 Å². The summed E-state index contributed by atoms with van der Waals surface area (Å²) in [6, 6.07) is 0. The highest BCUT2D eigenvalue weighted by Crippen LogP contribution is 2.28. The van der Waals surface area contributed by atoms with Gasteiger partial charge in [-0.2, -0.15) is 0 Å². The van der Waals surface area contributed by atoms with Gasteiger partial charge in [-0.1, -0.05) is 38.2 Å². The third-order valence-electron chi connectivity index (χ3n) is 6.84. The molecule has 2 rings (SSSR count). The molecule has 0 fully saturated rings. The number of rotatable bonds is 3. The molecule has 11 nitrogen and oxygen atoms in total. The summed E-state index contributed by atoms with van der Waals surface area (Å²) in [5.74, 6) is -2.37. The van der Waals surface area contributed by atoms with Gasteiger partial charge in [-0.25, -0.2) is 4.79 Å². The molecule has 39 heavy (non-hydrogen) atoms. The van der Waals surface area contributed by atoms with E-state index in [0.717, 1.165) is 6.08 Å². The second kappa shape index (κ2) is 14.0.